The zero-order chi connectivity index (χ0) is 15.6. The topological polar surface area (TPSA) is 42.2 Å². The van der Waals surface area contributed by atoms with Crippen LogP contribution in [0.2, 0.25) is 0 Å². The van der Waals surface area contributed by atoms with E-state index in [0.29, 0.717) is 17.9 Å². The standard InChI is InChI=1S/C14H11F4NO2/c1-8(12-3-2-6-21-12)19-13(20)9-4-5-11(15)10(7-9)14(16,17)18/h2-8H,1H3,(H,19,20). The van der Waals surface area contributed by atoms with Crippen molar-refractivity contribution in [3.8, 4) is 0 Å². The summed E-state index contributed by atoms with van der Waals surface area (Å²) < 4.78 is 56.0. The smallest absolute Gasteiger partial charge is 0.419 e. The maximum Gasteiger partial charge on any atom is 0.419 e. The molecule has 0 fully saturated rings. The Morgan fingerprint density at radius 1 is 1.29 bits per heavy atom. The van der Waals surface area contributed by atoms with E-state index in [1.807, 2.05) is 0 Å². The summed E-state index contributed by atoms with van der Waals surface area (Å²) in [6.45, 7) is 1.62. The molecule has 2 aromatic rings. The van der Waals surface area contributed by atoms with Gasteiger partial charge in [-0.25, -0.2) is 4.39 Å². The number of halogens is 4. The average Bonchev–Trinajstić information content (AvgIpc) is 2.91. The highest BCUT2D eigenvalue weighted by Crippen LogP contribution is 2.32. The van der Waals surface area contributed by atoms with E-state index in [4.69, 9.17) is 4.42 Å². The summed E-state index contributed by atoms with van der Waals surface area (Å²) in [5.41, 5.74) is -1.75. The molecule has 1 N–H and O–H groups in total. The lowest BCUT2D eigenvalue weighted by Crippen LogP contribution is -2.26. The van der Waals surface area contributed by atoms with Gasteiger partial charge in [0.25, 0.3) is 5.91 Å². The first-order chi connectivity index (χ1) is 9.79. The van der Waals surface area contributed by atoms with Gasteiger partial charge in [-0.3, -0.25) is 4.79 Å². The Morgan fingerprint density at radius 2 is 2.00 bits per heavy atom. The third-order valence-electron chi connectivity index (χ3n) is 2.85. The van der Waals surface area contributed by atoms with Crippen LogP contribution < -0.4 is 5.32 Å². The third-order valence-corrected chi connectivity index (χ3v) is 2.85. The number of furan rings is 1. The number of alkyl halides is 3. The zero-order valence-corrected chi connectivity index (χ0v) is 10.9. The highest BCUT2D eigenvalue weighted by atomic mass is 19.4. The molecule has 7 heteroatoms. The molecule has 3 nitrogen and oxygen atoms in total. The number of hydrogen-bond acceptors (Lipinski definition) is 2. The van der Waals surface area contributed by atoms with Crippen molar-refractivity contribution in [3.63, 3.8) is 0 Å². The molecule has 2 rings (SSSR count). The molecule has 0 spiro atoms. The van der Waals surface area contributed by atoms with Crippen LogP contribution in [0.15, 0.2) is 41.0 Å². The normalized spacial score (nSPS) is 13.0. The largest absolute Gasteiger partial charge is 0.467 e. The molecule has 1 atom stereocenters. The van der Waals surface area contributed by atoms with Crippen LogP contribution in [0.1, 0.15) is 34.6 Å². The average molecular weight is 301 g/mol. The van der Waals surface area contributed by atoms with Crippen molar-refractivity contribution in [1.82, 2.24) is 5.32 Å². The van der Waals surface area contributed by atoms with Crippen molar-refractivity contribution in [2.24, 2.45) is 0 Å². The predicted octanol–water partition coefficient (Wildman–Crippen LogP) is 3.93. The van der Waals surface area contributed by atoms with Crippen LogP contribution >= 0.6 is 0 Å². The van der Waals surface area contributed by atoms with E-state index in [1.165, 1.54) is 6.26 Å². The maximum atomic E-state index is 13.1. The summed E-state index contributed by atoms with van der Waals surface area (Å²) >= 11 is 0. The molecular weight excluding hydrogens is 290 g/mol. The summed E-state index contributed by atoms with van der Waals surface area (Å²) in [6.07, 6.45) is -3.44. The molecule has 0 aliphatic rings. The van der Waals surface area contributed by atoms with E-state index in [2.05, 4.69) is 5.32 Å². The quantitative estimate of drug-likeness (QED) is 0.873. The van der Waals surface area contributed by atoms with Crippen molar-refractivity contribution in [2.45, 2.75) is 19.1 Å². The van der Waals surface area contributed by atoms with E-state index in [1.54, 1.807) is 19.1 Å². The lowest BCUT2D eigenvalue weighted by molar-refractivity contribution is -0.140. The Kier molecular flexibility index (Phi) is 4.02. The second kappa shape index (κ2) is 5.59. The lowest BCUT2D eigenvalue weighted by Gasteiger charge is -2.13. The summed E-state index contributed by atoms with van der Waals surface area (Å²) in [6, 6.07) is 4.82. The molecular formula is C14H11F4NO2. The minimum atomic E-state index is -4.85. The van der Waals surface area contributed by atoms with Crippen molar-refractivity contribution in [3.05, 3.63) is 59.3 Å². The fraction of sp³-hybridized carbons (Fsp3) is 0.214. The highest BCUT2D eigenvalue weighted by molar-refractivity contribution is 5.94. The van der Waals surface area contributed by atoms with Gasteiger partial charge in [-0.05, 0) is 37.3 Å². The van der Waals surface area contributed by atoms with Crippen LogP contribution in [-0.2, 0) is 6.18 Å². The minimum Gasteiger partial charge on any atom is -0.467 e. The van der Waals surface area contributed by atoms with Gasteiger partial charge in [0, 0.05) is 5.56 Å². The summed E-state index contributed by atoms with van der Waals surface area (Å²) in [4.78, 5) is 11.9. The van der Waals surface area contributed by atoms with Gasteiger partial charge in [-0.2, -0.15) is 13.2 Å². The monoisotopic (exact) mass is 301 g/mol. The summed E-state index contributed by atoms with van der Waals surface area (Å²) in [7, 11) is 0. The van der Waals surface area contributed by atoms with Crippen LogP contribution in [-0.4, -0.2) is 5.91 Å². The molecule has 0 saturated heterocycles. The Morgan fingerprint density at radius 3 is 2.57 bits per heavy atom. The van der Waals surface area contributed by atoms with Crippen LogP contribution in [0.4, 0.5) is 17.6 Å². The number of rotatable bonds is 3. The fourth-order valence-electron chi connectivity index (χ4n) is 1.77. The van der Waals surface area contributed by atoms with Gasteiger partial charge in [0.15, 0.2) is 0 Å². The SMILES string of the molecule is CC(NC(=O)c1ccc(F)c(C(F)(F)F)c1)c1ccco1. The first-order valence-electron chi connectivity index (χ1n) is 6.00. The van der Waals surface area contributed by atoms with Crippen molar-refractivity contribution >= 4 is 5.91 Å². The first kappa shape index (κ1) is 15.1. The first-order valence-corrected chi connectivity index (χ1v) is 6.00. The van der Waals surface area contributed by atoms with Crippen LogP contribution in [0.25, 0.3) is 0 Å². The van der Waals surface area contributed by atoms with Gasteiger partial charge in [0.05, 0.1) is 17.9 Å². The van der Waals surface area contributed by atoms with Crippen molar-refractivity contribution in [2.75, 3.05) is 0 Å². The number of benzene rings is 1. The van der Waals surface area contributed by atoms with Gasteiger partial charge in [-0.15, -0.1) is 0 Å². The maximum absolute atomic E-state index is 13.1. The Hall–Kier alpha value is -2.31. The van der Waals surface area contributed by atoms with E-state index in [-0.39, 0.29) is 5.56 Å². The van der Waals surface area contributed by atoms with Gasteiger partial charge in [0.1, 0.15) is 11.6 Å². The Bertz CT molecular complexity index is 635. The van der Waals surface area contributed by atoms with Crippen molar-refractivity contribution in [1.29, 1.82) is 0 Å². The molecule has 0 aliphatic heterocycles. The molecule has 0 radical (unpaired) electrons. The van der Waals surface area contributed by atoms with E-state index >= 15 is 0 Å². The van der Waals surface area contributed by atoms with Crippen LogP contribution in [0.5, 0.6) is 0 Å². The minimum absolute atomic E-state index is 0.276. The highest BCUT2D eigenvalue weighted by Gasteiger charge is 2.34. The molecule has 1 aromatic heterocycles. The number of amides is 1. The molecule has 1 heterocycles. The summed E-state index contributed by atoms with van der Waals surface area (Å²) in [5, 5.41) is 2.47. The molecule has 21 heavy (non-hydrogen) atoms. The van der Waals surface area contributed by atoms with Gasteiger partial charge in [0.2, 0.25) is 0 Å². The Labute approximate surface area is 117 Å². The number of nitrogens with one attached hydrogen (secondary N) is 1. The number of carbonyl (C=O) groups excluding carboxylic acids is 1. The second-order valence-corrected chi connectivity index (χ2v) is 4.40. The fourth-order valence-corrected chi connectivity index (χ4v) is 1.77. The van der Waals surface area contributed by atoms with Gasteiger partial charge in [-0.1, -0.05) is 0 Å². The molecule has 1 unspecified atom stereocenters. The van der Waals surface area contributed by atoms with Crippen LogP contribution in [0, 0.1) is 5.82 Å². The van der Waals surface area contributed by atoms with E-state index in [0.717, 1.165) is 6.07 Å². The number of hydrogen-bond donors (Lipinski definition) is 1. The Balaban J connectivity index is 2.20. The zero-order valence-electron chi connectivity index (χ0n) is 10.9. The van der Waals surface area contributed by atoms with Crippen LogP contribution in [0.3, 0.4) is 0 Å². The predicted molar refractivity (Wildman–Crippen MR) is 66.0 cm³/mol. The van der Waals surface area contributed by atoms with E-state index in [9.17, 15) is 22.4 Å². The lowest BCUT2D eigenvalue weighted by atomic mass is 10.1. The molecule has 112 valence electrons. The number of carbonyl (C=O) groups is 1. The van der Waals surface area contributed by atoms with E-state index < -0.39 is 29.5 Å². The molecule has 0 aliphatic carbocycles. The summed E-state index contributed by atoms with van der Waals surface area (Å²) in [5.74, 6) is -1.70. The molecule has 1 aromatic carbocycles. The van der Waals surface area contributed by atoms with Crippen molar-refractivity contribution < 1.29 is 26.8 Å². The molecule has 1 amide bonds. The third kappa shape index (κ3) is 3.42. The molecule has 0 saturated carbocycles. The van der Waals surface area contributed by atoms with Gasteiger partial charge < -0.3 is 9.73 Å². The second-order valence-electron chi connectivity index (χ2n) is 4.40. The molecule has 0 bridgehead atoms. The van der Waals surface area contributed by atoms with Gasteiger partial charge >= 0.3 is 6.18 Å².